The Labute approximate surface area is 186 Å². The Morgan fingerprint density at radius 1 is 1.20 bits per heavy atom. The van der Waals surface area contributed by atoms with Crippen LogP contribution in [0.5, 0.6) is 0 Å². The number of carbonyl (C=O) groups is 1. The van der Waals surface area contributed by atoms with Crippen LogP contribution in [0.3, 0.4) is 0 Å². The zero-order chi connectivity index (χ0) is 21.5. The number of aromatic nitrogens is 1. The minimum Gasteiger partial charge on any atom is -0.302 e. The average molecular weight is 488 g/mol. The number of anilines is 1. The molecule has 0 spiro atoms. The lowest BCUT2D eigenvalue weighted by Crippen LogP contribution is -2.43. The maximum atomic E-state index is 13.1. The van der Waals surface area contributed by atoms with Crippen molar-refractivity contribution in [2.24, 2.45) is 5.92 Å². The Balaban J connectivity index is 1.50. The summed E-state index contributed by atoms with van der Waals surface area (Å²) >= 11 is 13.4. The topological polar surface area (TPSA) is 79.4 Å². The fourth-order valence-corrected chi connectivity index (χ4v) is 6.15. The van der Waals surface area contributed by atoms with E-state index < -0.39 is 21.8 Å². The maximum absolute atomic E-state index is 13.1. The van der Waals surface area contributed by atoms with Gasteiger partial charge in [0, 0.05) is 13.1 Å². The highest BCUT2D eigenvalue weighted by atomic mass is 35.5. The van der Waals surface area contributed by atoms with Gasteiger partial charge in [0.25, 0.3) is 0 Å². The summed E-state index contributed by atoms with van der Waals surface area (Å²) in [6, 6.07) is 8.09. The lowest BCUT2D eigenvalue weighted by Gasteiger charge is -2.31. The number of fused-ring (bicyclic) bond motifs is 1. The molecule has 1 fully saturated rings. The molecule has 1 amide bonds. The van der Waals surface area contributed by atoms with E-state index in [4.69, 9.17) is 23.2 Å². The average Bonchev–Trinajstić information content (AvgIpc) is 3.14. The molecule has 4 rings (SSSR count). The molecule has 2 heterocycles. The molecular formula is C19H16Cl2FN3O3S2. The number of thiazole rings is 1. The third-order valence-corrected chi connectivity index (χ3v) is 8.50. The largest absolute Gasteiger partial charge is 0.302 e. The Morgan fingerprint density at radius 2 is 1.93 bits per heavy atom. The fraction of sp³-hybridized carbons (Fsp3) is 0.263. The van der Waals surface area contributed by atoms with E-state index in [0.29, 0.717) is 40.1 Å². The van der Waals surface area contributed by atoms with Crippen molar-refractivity contribution in [2.75, 3.05) is 18.4 Å². The Hall–Kier alpha value is -1.78. The molecule has 1 atom stereocenters. The van der Waals surface area contributed by atoms with Crippen molar-refractivity contribution >= 4 is 65.8 Å². The number of hydrogen-bond donors (Lipinski definition) is 1. The van der Waals surface area contributed by atoms with Crippen molar-refractivity contribution < 1.29 is 17.6 Å². The van der Waals surface area contributed by atoms with Crippen LogP contribution in [0.15, 0.2) is 41.3 Å². The van der Waals surface area contributed by atoms with Crippen LogP contribution in [0.1, 0.15) is 12.8 Å². The zero-order valence-corrected chi connectivity index (χ0v) is 18.6. The number of nitrogens with zero attached hydrogens (tertiary/aromatic N) is 2. The number of halogens is 3. The van der Waals surface area contributed by atoms with Crippen LogP contribution in [0.2, 0.25) is 10.0 Å². The van der Waals surface area contributed by atoms with Crippen LogP contribution in [-0.4, -0.2) is 36.7 Å². The first-order valence-corrected chi connectivity index (χ1v) is 12.1. The molecule has 0 saturated carbocycles. The second kappa shape index (κ2) is 8.39. The van der Waals surface area contributed by atoms with Crippen molar-refractivity contribution in [1.29, 1.82) is 0 Å². The van der Waals surface area contributed by atoms with Gasteiger partial charge in [-0.25, -0.2) is 17.8 Å². The van der Waals surface area contributed by atoms with Crippen molar-refractivity contribution in [3.63, 3.8) is 0 Å². The highest BCUT2D eigenvalue weighted by molar-refractivity contribution is 7.89. The van der Waals surface area contributed by atoms with Gasteiger partial charge in [-0.15, -0.1) is 0 Å². The lowest BCUT2D eigenvalue weighted by atomic mass is 9.99. The molecule has 2 aromatic carbocycles. The molecule has 1 saturated heterocycles. The van der Waals surface area contributed by atoms with Gasteiger partial charge in [-0.1, -0.05) is 34.5 Å². The Bertz CT molecular complexity index is 1220. The molecule has 158 valence electrons. The number of benzene rings is 2. The molecule has 1 unspecified atom stereocenters. The van der Waals surface area contributed by atoms with Crippen LogP contribution in [0, 0.1) is 11.7 Å². The summed E-state index contributed by atoms with van der Waals surface area (Å²) < 4.78 is 40.9. The maximum Gasteiger partial charge on any atom is 0.243 e. The van der Waals surface area contributed by atoms with Crippen molar-refractivity contribution in [3.05, 3.63) is 52.3 Å². The summed E-state index contributed by atoms with van der Waals surface area (Å²) in [5.74, 6) is -1.35. The van der Waals surface area contributed by atoms with E-state index in [2.05, 4.69) is 10.3 Å². The normalized spacial score (nSPS) is 17.9. The molecule has 0 radical (unpaired) electrons. The summed E-state index contributed by atoms with van der Waals surface area (Å²) in [5.41, 5.74) is 0.508. The number of piperidine rings is 1. The summed E-state index contributed by atoms with van der Waals surface area (Å²) in [6.45, 7) is 0.349. The number of amides is 1. The van der Waals surface area contributed by atoms with Crippen LogP contribution < -0.4 is 5.32 Å². The van der Waals surface area contributed by atoms with Crippen molar-refractivity contribution in [2.45, 2.75) is 17.7 Å². The predicted octanol–water partition coefficient (Wildman–Crippen LogP) is 4.78. The second-order valence-corrected chi connectivity index (χ2v) is 10.6. The van der Waals surface area contributed by atoms with Gasteiger partial charge in [0.05, 0.1) is 25.6 Å². The minimum absolute atomic E-state index is 0.00246. The quantitative estimate of drug-likeness (QED) is 0.573. The van der Waals surface area contributed by atoms with Crippen molar-refractivity contribution in [3.8, 4) is 0 Å². The fourth-order valence-electron chi connectivity index (χ4n) is 3.33. The number of carbonyl (C=O) groups excluding carboxylic acids is 1. The van der Waals surface area contributed by atoms with E-state index in [-0.39, 0.29) is 17.3 Å². The van der Waals surface area contributed by atoms with Crippen LogP contribution in [-0.2, 0) is 14.8 Å². The minimum atomic E-state index is -3.81. The number of nitrogens with one attached hydrogen (secondary N) is 1. The third kappa shape index (κ3) is 4.17. The standard InChI is InChI=1S/C19H16Cl2FN3O3S2/c20-14-7-8-15-17(16(14)21)23-19(29-15)24-18(26)11-2-1-9-25(10-11)30(27,28)13-5-3-12(22)4-6-13/h3-8,11H,1-2,9-10H2,(H,23,24,26). The first kappa shape index (κ1) is 21.5. The third-order valence-electron chi connectivity index (χ3n) is 4.89. The molecule has 6 nitrogen and oxygen atoms in total. The van der Waals surface area contributed by atoms with Crippen LogP contribution in [0.4, 0.5) is 9.52 Å². The van der Waals surface area contributed by atoms with E-state index in [9.17, 15) is 17.6 Å². The van der Waals surface area contributed by atoms with Crippen LogP contribution in [0.25, 0.3) is 10.2 Å². The van der Waals surface area contributed by atoms with Gasteiger partial charge >= 0.3 is 0 Å². The summed E-state index contributed by atoms with van der Waals surface area (Å²) in [7, 11) is -3.81. The Morgan fingerprint density at radius 3 is 2.67 bits per heavy atom. The molecule has 1 aliphatic rings. The molecular weight excluding hydrogens is 472 g/mol. The zero-order valence-electron chi connectivity index (χ0n) is 15.4. The monoisotopic (exact) mass is 487 g/mol. The van der Waals surface area contributed by atoms with E-state index in [1.807, 2.05) is 0 Å². The highest BCUT2D eigenvalue weighted by Gasteiger charge is 2.33. The lowest BCUT2D eigenvalue weighted by molar-refractivity contribution is -0.120. The summed E-state index contributed by atoms with van der Waals surface area (Å²) in [4.78, 5) is 17.1. The van der Waals surface area contributed by atoms with E-state index in [1.165, 1.54) is 27.8 Å². The summed E-state index contributed by atoms with van der Waals surface area (Å²) in [6.07, 6.45) is 1.10. The van der Waals surface area contributed by atoms with Gasteiger partial charge in [-0.2, -0.15) is 4.31 Å². The van der Waals surface area contributed by atoms with E-state index in [1.54, 1.807) is 12.1 Å². The number of sulfonamides is 1. The van der Waals surface area contributed by atoms with E-state index in [0.717, 1.165) is 16.8 Å². The second-order valence-electron chi connectivity index (χ2n) is 6.87. The Kier molecular flexibility index (Phi) is 6.00. The van der Waals surface area contributed by atoms with Gasteiger partial charge in [0.1, 0.15) is 11.3 Å². The summed E-state index contributed by atoms with van der Waals surface area (Å²) in [5, 5.41) is 3.83. The SMILES string of the molecule is O=C(Nc1nc2c(Cl)c(Cl)ccc2s1)C1CCCN(S(=O)(=O)c2ccc(F)cc2)C1. The molecule has 0 bridgehead atoms. The number of rotatable bonds is 4. The smallest absolute Gasteiger partial charge is 0.243 e. The van der Waals surface area contributed by atoms with Crippen molar-refractivity contribution in [1.82, 2.24) is 9.29 Å². The first-order valence-electron chi connectivity index (χ1n) is 9.07. The molecule has 0 aliphatic carbocycles. The number of hydrogen-bond acceptors (Lipinski definition) is 5. The highest BCUT2D eigenvalue weighted by Crippen LogP contribution is 2.35. The molecule has 3 aromatic rings. The molecule has 1 N–H and O–H groups in total. The van der Waals surface area contributed by atoms with Gasteiger partial charge in [0.15, 0.2) is 5.13 Å². The molecule has 11 heteroatoms. The van der Waals surface area contributed by atoms with Gasteiger partial charge in [-0.05, 0) is 49.2 Å². The molecule has 30 heavy (non-hydrogen) atoms. The first-order chi connectivity index (χ1) is 14.3. The van der Waals surface area contributed by atoms with E-state index >= 15 is 0 Å². The molecule has 1 aromatic heterocycles. The van der Waals surface area contributed by atoms with Crippen LogP contribution >= 0.6 is 34.5 Å². The van der Waals surface area contributed by atoms with Gasteiger partial charge < -0.3 is 5.32 Å². The van der Waals surface area contributed by atoms with Gasteiger partial charge in [0.2, 0.25) is 15.9 Å². The predicted molar refractivity (Wildman–Crippen MR) is 116 cm³/mol. The van der Waals surface area contributed by atoms with Gasteiger partial charge in [-0.3, -0.25) is 4.79 Å². The molecule has 1 aliphatic heterocycles.